The van der Waals surface area contributed by atoms with Crippen LogP contribution in [-0.2, 0) is 0 Å². The SMILES string of the molecule is C=CCCC(C)Nc1ccccc1SC(F)F. The van der Waals surface area contributed by atoms with Crippen LogP contribution in [0.15, 0.2) is 41.8 Å². The second-order valence-corrected chi connectivity index (χ2v) is 4.82. The van der Waals surface area contributed by atoms with E-state index in [1.165, 1.54) is 0 Å². The maximum atomic E-state index is 12.4. The Morgan fingerprint density at radius 2 is 2.12 bits per heavy atom. The Labute approximate surface area is 105 Å². The van der Waals surface area contributed by atoms with Crippen LogP contribution in [0, 0.1) is 0 Å². The molecule has 1 aromatic rings. The maximum Gasteiger partial charge on any atom is 0.288 e. The molecule has 0 heterocycles. The molecular weight excluding hydrogens is 240 g/mol. The fourth-order valence-corrected chi connectivity index (χ4v) is 2.09. The highest BCUT2D eigenvalue weighted by Crippen LogP contribution is 2.32. The normalized spacial score (nSPS) is 12.5. The van der Waals surface area contributed by atoms with E-state index >= 15 is 0 Å². The summed E-state index contributed by atoms with van der Waals surface area (Å²) in [4.78, 5) is 0.591. The first kappa shape index (κ1) is 14.0. The van der Waals surface area contributed by atoms with Gasteiger partial charge in [0.1, 0.15) is 0 Å². The molecule has 0 aromatic heterocycles. The highest BCUT2D eigenvalue weighted by Gasteiger charge is 2.10. The van der Waals surface area contributed by atoms with Gasteiger partial charge < -0.3 is 5.32 Å². The van der Waals surface area contributed by atoms with E-state index in [2.05, 4.69) is 11.9 Å². The predicted octanol–water partition coefficient (Wildman–Crippen LogP) is 4.77. The standard InChI is InChI=1S/C13H17F2NS/c1-3-4-7-10(2)16-11-8-5-6-9-12(11)17-13(14)15/h3,5-6,8-10,13,16H,1,4,7H2,2H3. The molecule has 4 heteroatoms. The van der Waals surface area contributed by atoms with E-state index in [4.69, 9.17) is 0 Å². The second-order valence-electron chi connectivity index (χ2n) is 3.79. The molecule has 17 heavy (non-hydrogen) atoms. The molecule has 0 amide bonds. The van der Waals surface area contributed by atoms with Crippen LogP contribution < -0.4 is 5.32 Å². The van der Waals surface area contributed by atoms with Gasteiger partial charge in [0.25, 0.3) is 5.76 Å². The number of hydrogen-bond donors (Lipinski definition) is 1. The van der Waals surface area contributed by atoms with Crippen LogP contribution in [0.3, 0.4) is 0 Å². The summed E-state index contributed by atoms with van der Waals surface area (Å²) in [5, 5.41) is 3.25. The van der Waals surface area contributed by atoms with E-state index in [1.807, 2.05) is 25.1 Å². The molecular formula is C13H17F2NS. The van der Waals surface area contributed by atoms with E-state index in [-0.39, 0.29) is 6.04 Å². The quantitative estimate of drug-likeness (QED) is 0.558. The monoisotopic (exact) mass is 257 g/mol. The summed E-state index contributed by atoms with van der Waals surface area (Å²) < 4.78 is 24.7. The number of rotatable bonds is 7. The zero-order valence-electron chi connectivity index (χ0n) is 9.83. The highest BCUT2D eigenvalue weighted by molar-refractivity contribution is 7.99. The first-order valence-corrected chi connectivity index (χ1v) is 6.42. The number of anilines is 1. The molecule has 1 N–H and O–H groups in total. The number of para-hydroxylation sites is 1. The Morgan fingerprint density at radius 3 is 2.76 bits per heavy atom. The molecule has 0 aliphatic heterocycles. The van der Waals surface area contributed by atoms with Gasteiger partial charge in [-0.15, -0.1) is 6.58 Å². The van der Waals surface area contributed by atoms with Gasteiger partial charge in [-0.2, -0.15) is 8.78 Å². The van der Waals surface area contributed by atoms with Crippen molar-refractivity contribution in [2.75, 3.05) is 5.32 Å². The van der Waals surface area contributed by atoms with E-state index in [0.717, 1.165) is 18.5 Å². The first-order valence-electron chi connectivity index (χ1n) is 5.54. The molecule has 0 radical (unpaired) electrons. The summed E-state index contributed by atoms with van der Waals surface area (Å²) in [6.07, 6.45) is 3.72. The predicted molar refractivity (Wildman–Crippen MR) is 70.8 cm³/mol. The van der Waals surface area contributed by atoms with Crippen molar-refractivity contribution >= 4 is 17.4 Å². The lowest BCUT2D eigenvalue weighted by molar-refractivity contribution is 0.252. The largest absolute Gasteiger partial charge is 0.382 e. The van der Waals surface area contributed by atoms with Crippen molar-refractivity contribution < 1.29 is 8.78 Å². The average Bonchev–Trinajstić information content (AvgIpc) is 2.28. The molecule has 1 atom stereocenters. The molecule has 0 saturated heterocycles. The molecule has 0 bridgehead atoms. The van der Waals surface area contributed by atoms with E-state index in [9.17, 15) is 8.78 Å². The zero-order valence-corrected chi connectivity index (χ0v) is 10.6. The zero-order chi connectivity index (χ0) is 12.7. The lowest BCUT2D eigenvalue weighted by atomic mass is 10.1. The van der Waals surface area contributed by atoms with Gasteiger partial charge in [-0.1, -0.05) is 30.0 Å². The van der Waals surface area contributed by atoms with Gasteiger partial charge in [-0.3, -0.25) is 0 Å². The van der Waals surface area contributed by atoms with Crippen molar-refractivity contribution in [1.82, 2.24) is 0 Å². The Bertz CT molecular complexity index is 355. The number of alkyl halides is 2. The number of allylic oxidation sites excluding steroid dienone is 1. The van der Waals surface area contributed by atoms with Crippen molar-refractivity contribution in [3.8, 4) is 0 Å². The summed E-state index contributed by atoms with van der Waals surface area (Å²) >= 11 is 0.575. The molecule has 0 aliphatic carbocycles. The fraction of sp³-hybridized carbons (Fsp3) is 0.385. The molecule has 1 unspecified atom stereocenters. The number of hydrogen-bond acceptors (Lipinski definition) is 2. The third kappa shape index (κ3) is 5.22. The lowest BCUT2D eigenvalue weighted by Crippen LogP contribution is -2.15. The number of thioether (sulfide) groups is 1. The van der Waals surface area contributed by atoms with Crippen LogP contribution >= 0.6 is 11.8 Å². The van der Waals surface area contributed by atoms with Gasteiger partial charge in [0.15, 0.2) is 0 Å². The van der Waals surface area contributed by atoms with Crippen molar-refractivity contribution in [2.45, 2.75) is 36.5 Å². The van der Waals surface area contributed by atoms with Gasteiger partial charge in [-0.25, -0.2) is 0 Å². The average molecular weight is 257 g/mol. The summed E-state index contributed by atoms with van der Waals surface area (Å²) in [5.74, 6) is -2.39. The molecule has 0 aliphatic rings. The Morgan fingerprint density at radius 1 is 1.41 bits per heavy atom. The molecule has 1 rings (SSSR count). The first-order chi connectivity index (χ1) is 8.13. The minimum Gasteiger partial charge on any atom is -0.382 e. The lowest BCUT2D eigenvalue weighted by Gasteiger charge is -2.17. The van der Waals surface area contributed by atoms with Gasteiger partial charge in [-0.05, 0) is 31.9 Å². The van der Waals surface area contributed by atoms with E-state index in [0.29, 0.717) is 16.7 Å². The van der Waals surface area contributed by atoms with Crippen molar-refractivity contribution in [3.63, 3.8) is 0 Å². The Balaban J connectivity index is 2.65. The number of benzene rings is 1. The Kier molecular flexibility index (Phi) is 6.05. The van der Waals surface area contributed by atoms with Crippen molar-refractivity contribution in [1.29, 1.82) is 0 Å². The smallest absolute Gasteiger partial charge is 0.288 e. The van der Waals surface area contributed by atoms with Crippen LogP contribution in [0.1, 0.15) is 19.8 Å². The molecule has 1 aromatic carbocycles. The summed E-state index contributed by atoms with van der Waals surface area (Å²) in [6.45, 7) is 5.70. The third-order valence-corrected chi connectivity index (χ3v) is 3.10. The van der Waals surface area contributed by atoms with Gasteiger partial charge >= 0.3 is 0 Å². The van der Waals surface area contributed by atoms with Crippen LogP contribution in [0.2, 0.25) is 0 Å². The fourth-order valence-electron chi connectivity index (χ4n) is 1.49. The minimum atomic E-state index is -2.39. The second kappa shape index (κ2) is 7.33. The van der Waals surface area contributed by atoms with Gasteiger partial charge in [0, 0.05) is 16.6 Å². The molecule has 0 fully saturated rings. The molecule has 0 spiro atoms. The van der Waals surface area contributed by atoms with Crippen molar-refractivity contribution in [3.05, 3.63) is 36.9 Å². The molecule has 1 nitrogen and oxygen atoms in total. The van der Waals surface area contributed by atoms with Crippen LogP contribution in [0.5, 0.6) is 0 Å². The Hall–Kier alpha value is -1.03. The van der Waals surface area contributed by atoms with E-state index < -0.39 is 5.76 Å². The topological polar surface area (TPSA) is 12.0 Å². The van der Waals surface area contributed by atoms with Crippen LogP contribution in [-0.4, -0.2) is 11.8 Å². The maximum absolute atomic E-state index is 12.4. The van der Waals surface area contributed by atoms with Crippen molar-refractivity contribution in [2.24, 2.45) is 0 Å². The van der Waals surface area contributed by atoms with Gasteiger partial charge in [0.05, 0.1) is 0 Å². The molecule has 0 saturated carbocycles. The van der Waals surface area contributed by atoms with E-state index in [1.54, 1.807) is 12.1 Å². The third-order valence-electron chi connectivity index (χ3n) is 2.31. The number of nitrogens with one attached hydrogen (secondary N) is 1. The van der Waals surface area contributed by atoms with Crippen LogP contribution in [0.25, 0.3) is 0 Å². The number of halogens is 2. The summed E-state index contributed by atoms with van der Waals surface area (Å²) in [6, 6.07) is 7.39. The highest BCUT2D eigenvalue weighted by atomic mass is 32.2. The molecule has 94 valence electrons. The minimum absolute atomic E-state index is 0.243. The summed E-state index contributed by atoms with van der Waals surface area (Å²) in [5.41, 5.74) is 0.773. The summed E-state index contributed by atoms with van der Waals surface area (Å²) in [7, 11) is 0. The van der Waals surface area contributed by atoms with Crippen LogP contribution in [0.4, 0.5) is 14.5 Å². The van der Waals surface area contributed by atoms with Gasteiger partial charge in [0.2, 0.25) is 0 Å².